The van der Waals surface area contributed by atoms with Crippen LogP contribution >= 0.6 is 0 Å². The second-order valence-electron chi connectivity index (χ2n) is 4.49. The van der Waals surface area contributed by atoms with Crippen molar-refractivity contribution in [3.05, 3.63) is 48.5 Å². The van der Waals surface area contributed by atoms with Gasteiger partial charge < -0.3 is 5.32 Å². The van der Waals surface area contributed by atoms with Crippen LogP contribution in [0, 0.1) is 0 Å². The fourth-order valence-corrected chi connectivity index (χ4v) is 2.52. The minimum absolute atomic E-state index is 0.270. The molecule has 20 heavy (non-hydrogen) atoms. The summed E-state index contributed by atoms with van der Waals surface area (Å²) in [6, 6.07) is 6.52. The van der Waals surface area contributed by atoms with Gasteiger partial charge in [-0.15, -0.1) is 0 Å². The Balaban J connectivity index is 2.17. The highest BCUT2D eigenvalue weighted by Gasteiger charge is 2.18. The molecule has 0 bridgehead atoms. The van der Waals surface area contributed by atoms with Gasteiger partial charge in [0, 0.05) is 18.6 Å². The maximum Gasteiger partial charge on any atom is 0.274 e. The highest BCUT2D eigenvalue weighted by molar-refractivity contribution is 7.90. The van der Waals surface area contributed by atoms with E-state index in [1.807, 2.05) is 0 Å². The average molecular weight is 293 g/mol. The summed E-state index contributed by atoms with van der Waals surface area (Å²) in [4.78, 5) is 15.8. The molecule has 0 fully saturated rings. The van der Waals surface area contributed by atoms with Crippen molar-refractivity contribution in [1.29, 1.82) is 0 Å². The SMILES string of the molecule is CC(C)S(=O)(=O)n1ccc(NC(=O)c2ccccn2)c1. The largest absolute Gasteiger partial charge is 0.319 e. The molecule has 6 nitrogen and oxygen atoms in total. The van der Waals surface area contributed by atoms with E-state index in [1.165, 1.54) is 24.7 Å². The fourth-order valence-electron chi connectivity index (χ4n) is 1.54. The molecular weight excluding hydrogens is 278 g/mol. The van der Waals surface area contributed by atoms with Gasteiger partial charge in [-0.05, 0) is 32.0 Å². The van der Waals surface area contributed by atoms with Crippen LogP contribution in [-0.4, -0.2) is 28.5 Å². The van der Waals surface area contributed by atoms with Gasteiger partial charge in [-0.25, -0.2) is 8.42 Å². The monoisotopic (exact) mass is 293 g/mol. The zero-order valence-corrected chi connectivity index (χ0v) is 12.0. The fraction of sp³-hybridized carbons (Fsp3) is 0.231. The van der Waals surface area contributed by atoms with E-state index >= 15 is 0 Å². The van der Waals surface area contributed by atoms with Gasteiger partial charge in [-0.2, -0.15) is 0 Å². The van der Waals surface area contributed by atoms with Gasteiger partial charge >= 0.3 is 0 Å². The molecule has 7 heteroatoms. The van der Waals surface area contributed by atoms with Crippen LogP contribution in [0.25, 0.3) is 0 Å². The number of anilines is 1. The molecule has 2 heterocycles. The molecule has 2 aromatic heterocycles. The molecule has 2 aromatic rings. The van der Waals surface area contributed by atoms with E-state index in [2.05, 4.69) is 10.3 Å². The predicted octanol–water partition coefficient (Wildman–Crippen LogP) is 1.72. The summed E-state index contributed by atoms with van der Waals surface area (Å²) in [5.74, 6) is -0.384. The summed E-state index contributed by atoms with van der Waals surface area (Å²) in [6.07, 6.45) is 4.29. The topological polar surface area (TPSA) is 81.1 Å². The van der Waals surface area contributed by atoms with E-state index < -0.39 is 15.3 Å². The van der Waals surface area contributed by atoms with Crippen LogP contribution in [0.4, 0.5) is 5.69 Å². The number of amides is 1. The normalized spacial score (nSPS) is 11.6. The molecule has 1 amide bonds. The van der Waals surface area contributed by atoms with Gasteiger partial charge in [0.05, 0.1) is 10.9 Å². The van der Waals surface area contributed by atoms with Crippen LogP contribution in [-0.2, 0) is 10.0 Å². The minimum atomic E-state index is -3.41. The first-order valence-corrected chi connectivity index (χ1v) is 7.56. The first-order valence-electron chi connectivity index (χ1n) is 6.06. The van der Waals surface area contributed by atoms with Gasteiger partial charge in [0.25, 0.3) is 5.91 Å². The van der Waals surface area contributed by atoms with Crippen LogP contribution in [0.3, 0.4) is 0 Å². The van der Waals surface area contributed by atoms with Crippen molar-refractivity contribution in [3.63, 3.8) is 0 Å². The Morgan fingerprint density at radius 2 is 2.05 bits per heavy atom. The quantitative estimate of drug-likeness (QED) is 0.930. The van der Waals surface area contributed by atoms with E-state index in [9.17, 15) is 13.2 Å². The molecule has 2 rings (SSSR count). The summed E-state index contributed by atoms with van der Waals surface area (Å²) in [5, 5.41) is 2.07. The third-order valence-corrected chi connectivity index (χ3v) is 4.72. The molecule has 1 N–H and O–H groups in total. The summed E-state index contributed by atoms with van der Waals surface area (Å²) in [6.45, 7) is 3.20. The Hall–Kier alpha value is -2.15. The van der Waals surface area contributed by atoms with Gasteiger partial charge in [-0.3, -0.25) is 13.8 Å². The van der Waals surface area contributed by atoms with Crippen molar-refractivity contribution in [3.8, 4) is 0 Å². The molecule has 106 valence electrons. The number of carbonyl (C=O) groups excluding carboxylic acids is 1. The summed E-state index contributed by atoms with van der Waals surface area (Å²) >= 11 is 0. The number of carbonyl (C=O) groups is 1. The maximum absolute atomic E-state index is 11.9. The number of nitrogens with one attached hydrogen (secondary N) is 1. The molecule has 0 spiro atoms. The number of hydrogen-bond donors (Lipinski definition) is 1. The highest BCUT2D eigenvalue weighted by Crippen LogP contribution is 2.14. The molecule has 0 unspecified atom stereocenters. The average Bonchev–Trinajstić information content (AvgIpc) is 2.88. The van der Waals surface area contributed by atoms with Crippen LogP contribution < -0.4 is 5.32 Å². The molecule has 0 saturated carbocycles. The zero-order chi connectivity index (χ0) is 14.8. The molecule has 0 aliphatic carbocycles. The van der Waals surface area contributed by atoms with Crippen LogP contribution in [0.15, 0.2) is 42.9 Å². The van der Waals surface area contributed by atoms with E-state index in [1.54, 1.807) is 32.0 Å². The van der Waals surface area contributed by atoms with Crippen molar-refractivity contribution in [2.45, 2.75) is 19.1 Å². The van der Waals surface area contributed by atoms with Crippen molar-refractivity contribution in [2.75, 3.05) is 5.32 Å². The Morgan fingerprint density at radius 3 is 2.65 bits per heavy atom. The Labute approximate surface area is 117 Å². The van der Waals surface area contributed by atoms with Gasteiger partial charge in [0.15, 0.2) is 0 Å². The molecule has 0 aliphatic rings. The predicted molar refractivity (Wildman–Crippen MR) is 76.1 cm³/mol. The van der Waals surface area contributed by atoms with E-state index in [0.29, 0.717) is 5.69 Å². The summed E-state index contributed by atoms with van der Waals surface area (Å²) in [5.41, 5.74) is 0.678. The first-order chi connectivity index (χ1) is 9.41. The number of aromatic nitrogens is 2. The standard InChI is InChI=1S/C13H15N3O3S/c1-10(2)20(18,19)16-8-6-11(9-16)15-13(17)12-5-3-4-7-14-12/h3-10H,1-2H3,(H,15,17). The maximum atomic E-state index is 11.9. The van der Waals surface area contributed by atoms with E-state index in [0.717, 1.165) is 3.97 Å². The van der Waals surface area contributed by atoms with Crippen LogP contribution in [0.2, 0.25) is 0 Å². The summed E-state index contributed by atoms with van der Waals surface area (Å²) < 4.78 is 25.0. The Morgan fingerprint density at radius 1 is 1.30 bits per heavy atom. The Kier molecular flexibility index (Phi) is 3.89. The lowest BCUT2D eigenvalue weighted by Gasteiger charge is -2.08. The van der Waals surface area contributed by atoms with Crippen molar-refractivity contribution in [2.24, 2.45) is 0 Å². The zero-order valence-electron chi connectivity index (χ0n) is 11.1. The molecule has 0 radical (unpaired) electrons. The minimum Gasteiger partial charge on any atom is -0.319 e. The highest BCUT2D eigenvalue weighted by atomic mass is 32.2. The number of pyridine rings is 1. The second-order valence-corrected chi connectivity index (χ2v) is 6.89. The second kappa shape index (κ2) is 5.46. The third kappa shape index (κ3) is 2.88. The van der Waals surface area contributed by atoms with Gasteiger partial charge in [0.1, 0.15) is 5.69 Å². The lowest BCUT2D eigenvalue weighted by atomic mass is 10.3. The summed E-state index contributed by atoms with van der Waals surface area (Å²) in [7, 11) is -3.41. The van der Waals surface area contributed by atoms with Crippen LogP contribution in [0.1, 0.15) is 24.3 Å². The van der Waals surface area contributed by atoms with Gasteiger partial charge in [-0.1, -0.05) is 6.07 Å². The number of rotatable bonds is 4. The lowest BCUT2D eigenvalue weighted by Crippen LogP contribution is -2.21. The third-order valence-electron chi connectivity index (χ3n) is 2.71. The molecular formula is C13H15N3O3S. The smallest absolute Gasteiger partial charge is 0.274 e. The van der Waals surface area contributed by atoms with Crippen LogP contribution in [0.5, 0.6) is 0 Å². The van der Waals surface area contributed by atoms with E-state index in [4.69, 9.17) is 0 Å². The molecule has 0 aromatic carbocycles. The van der Waals surface area contributed by atoms with Crippen molar-refractivity contribution in [1.82, 2.24) is 8.96 Å². The van der Waals surface area contributed by atoms with Crippen molar-refractivity contribution < 1.29 is 13.2 Å². The molecule has 0 saturated heterocycles. The Bertz CT molecular complexity index is 705. The van der Waals surface area contributed by atoms with E-state index in [-0.39, 0.29) is 11.6 Å². The number of nitrogens with zero attached hydrogens (tertiary/aromatic N) is 2. The lowest BCUT2D eigenvalue weighted by molar-refractivity contribution is 0.102. The first kappa shape index (κ1) is 14.3. The van der Waals surface area contributed by atoms with Crippen molar-refractivity contribution >= 4 is 21.6 Å². The van der Waals surface area contributed by atoms with Gasteiger partial charge in [0.2, 0.25) is 10.0 Å². The molecule has 0 aliphatic heterocycles. The molecule has 0 atom stereocenters. The number of hydrogen-bond acceptors (Lipinski definition) is 4.